The molecule has 7 nitrogen and oxygen atoms in total. The fraction of sp³-hybridized carbons (Fsp3) is 0.591. The van der Waals surface area contributed by atoms with Crippen LogP contribution in [0, 0.1) is 0 Å². The van der Waals surface area contributed by atoms with Crippen molar-refractivity contribution in [2.75, 3.05) is 46.4 Å². The fourth-order valence-electron chi connectivity index (χ4n) is 3.30. The van der Waals surface area contributed by atoms with Gasteiger partial charge in [0.15, 0.2) is 0 Å². The van der Waals surface area contributed by atoms with E-state index in [0.717, 1.165) is 37.1 Å². The number of aliphatic hydroxyl groups excluding tert-OH is 1. The molecule has 0 spiro atoms. The van der Waals surface area contributed by atoms with E-state index < -0.39 is 6.10 Å². The summed E-state index contributed by atoms with van der Waals surface area (Å²) in [6.07, 6.45) is 1.40. The summed E-state index contributed by atoms with van der Waals surface area (Å²) < 4.78 is 11.4. The largest absolute Gasteiger partial charge is 0.491 e. The van der Waals surface area contributed by atoms with Crippen molar-refractivity contribution in [1.29, 1.82) is 0 Å². The van der Waals surface area contributed by atoms with Gasteiger partial charge in [-0.3, -0.25) is 4.79 Å². The van der Waals surface area contributed by atoms with Gasteiger partial charge in [0, 0.05) is 55.3 Å². The SMILES string of the molecule is CN1CCN(C(=O)Cc2coc3cc(OCC(O)CNC(C)(C)C)ccc23)CC1. The van der Waals surface area contributed by atoms with Crippen LogP contribution in [0.4, 0.5) is 0 Å². The first-order chi connectivity index (χ1) is 13.7. The number of furan rings is 1. The lowest BCUT2D eigenvalue weighted by Crippen LogP contribution is -2.47. The van der Waals surface area contributed by atoms with Crippen molar-refractivity contribution in [2.45, 2.75) is 38.8 Å². The average Bonchev–Trinajstić information content (AvgIpc) is 3.06. The topological polar surface area (TPSA) is 78.2 Å². The van der Waals surface area contributed by atoms with E-state index in [9.17, 15) is 9.90 Å². The lowest BCUT2D eigenvalue weighted by atomic mass is 10.1. The number of carbonyl (C=O) groups excluding carboxylic acids is 1. The molecule has 1 fully saturated rings. The maximum Gasteiger partial charge on any atom is 0.227 e. The number of β-amino-alcohol motifs (C(OH)–C–C–N with tert-alkyl or cyclic N) is 1. The van der Waals surface area contributed by atoms with Gasteiger partial charge in [0.2, 0.25) is 5.91 Å². The third kappa shape index (κ3) is 6.19. The van der Waals surface area contributed by atoms with Crippen molar-refractivity contribution in [2.24, 2.45) is 0 Å². The highest BCUT2D eigenvalue weighted by Crippen LogP contribution is 2.26. The lowest BCUT2D eigenvalue weighted by Gasteiger charge is -2.32. The molecule has 1 aliphatic heterocycles. The van der Waals surface area contributed by atoms with E-state index >= 15 is 0 Å². The number of aliphatic hydroxyl groups is 1. The van der Waals surface area contributed by atoms with Gasteiger partial charge in [0.25, 0.3) is 0 Å². The predicted molar refractivity (Wildman–Crippen MR) is 113 cm³/mol. The van der Waals surface area contributed by atoms with Crippen LogP contribution in [-0.4, -0.2) is 78.8 Å². The van der Waals surface area contributed by atoms with Gasteiger partial charge in [-0.15, -0.1) is 0 Å². The molecule has 0 bridgehead atoms. The van der Waals surface area contributed by atoms with Gasteiger partial charge in [-0.05, 0) is 40.0 Å². The Morgan fingerprint density at radius 1 is 1.28 bits per heavy atom. The number of amides is 1. The van der Waals surface area contributed by atoms with Crippen molar-refractivity contribution in [3.8, 4) is 5.75 Å². The molecular weight excluding hydrogens is 370 g/mol. The first kappa shape index (κ1) is 21.6. The summed E-state index contributed by atoms with van der Waals surface area (Å²) in [6.45, 7) is 10.2. The molecule has 0 aliphatic carbocycles. The second kappa shape index (κ2) is 9.15. The Kier molecular flexibility index (Phi) is 6.82. The molecule has 7 heteroatoms. The van der Waals surface area contributed by atoms with Crippen molar-refractivity contribution < 1.29 is 19.1 Å². The Bertz CT molecular complexity index is 819. The zero-order chi connectivity index (χ0) is 21.0. The quantitative estimate of drug-likeness (QED) is 0.735. The van der Waals surface area contributed by atoms with Gasteiger partial charge in [0.05, 0.1) is 12.7 Å². The van der Waals surface area contributed by atoms with Gasteiger partial charge in [-0.1, -0.05) is 0 Å². The van der Waals surface area contributed by atoms with E-state index in [1.165, 1.54) is 0 Å². The molecule has 1 unspecified atom stereocenters. The monoisotopic (exact) mass is 403 g/mol. The Labute approximate surface area is 172 Å². The Hall–Kier alpha value is -2.09. The van der Waals surface area contributed by atoms with Crippen LogP contribution in [-0.2, 0) is 11.2 Å². The molecular formula is C22H33N3O4. The molecule has 1 aromatic heterocycles. The number of hydrogen-bond donors (Lipinski definition) is 2. The number of piperazine rings is 1. The van der Waals surface area contributed by atoms with E-state index in [2.05, 4.69) is 38.0 Å². The normalized spacial score (nSPS) is 16.9. The number of carbonyl (C=O) groups is 1. The minimum Gasteiger partial charge on any atom is -0.491 e. The maximum atomic E-state index is 12.6. The van der Waals surface area contributed by atoms with Crippen LogP contribution in [0.1, 0.15) is 26.3 Å². The minimum absolute atomic E-state index is 0.0496. The Morgan fingerprint density at radius 3 is 2.69 bits per heavy atom. The number of benzene rings is 1. The summed E-state index contributed by atoms with van der Waals surface area (Å²) in [5.74, 6) is 0.772. The second-order valence-electron chi connectivity index (χ2n) is 8.88. The Balaban J connectivity index is 1.56. The van der Waals surface area contributed by atoms with E-state index in [0.29, 0.717) is 24.3 Å². The molecule has 1 amide bonds. The highest BCUT2D eigenvalue weighted by Gasteiger charge is 2.21. The van der Waals surface area contributed by atoms with Crippen LogP contribution in [0.15, 0.2) is 28.9 Å². The van der Waals surface area contributed by atoms with E-state index in [-0.39, 0.29) is 18.1 Å². The number of likely N-dealkylation sites (N-methyl/N-ethyl adjacent to an activating group) is 1. The number of rotatable bonds is 7. The number of fused-ring (bicyclic) bond motifs is 1. The van der Waals surface area contributed by atoms with Crippen LogP contribution in [0.25, 0.3) is 11.0 Å². The first-order valence-electron chi connectivity index (χ1n) is 10.2. The molecule has 0 saturated carbocycles. The second-order valence-corrected chi connectivity index (χ2v) is 8.88. The van der Waals surface area contributed by atoms with Crippen LogP contribution in [0.2, 0.25) is 0 Å². The van der Waals surface area contributed by atoms with Gasteiger partial charge < -0.3 is 29.4 Å². The smallest absolute Gasteiger partial charge is 0.227 e. The van der Waals surface area contributed by atoms with Gasteiger partial charge in [0.1, 0.15) is 24.0 Å². The standard InChI is InChI=1S/C22H33N3O4/c1-22(2,3)23-13-17(26)15-28-18-5-6-19-16(14-29-20(19)12-18)11-21(27)25-9-7-24(4)8-10-25/h5-6,12,14,17,23,26H,7-11,13,15H2,1-4H3. The summed E-state index contributed by atoms with van der Waals surface area (Å²) in [7, 11) is 2.07. The molecule has 2 aromatic rings. The van der Waals surface area contributed by atoms with E-state index in [1.54, 1.807) is 6.26 Å². The average molecular weight is 404 g/mol. The number of nitrogens with zero attached hydrogens (tertiary/aromatic N) is 2. The molecule has 2 heterocycles. The molecule has 29 heavy (non-hydrogen) atoms. The van der Waals surface area contributed by atoms with Crippen LogP contribution in [0.3, 0.4) is 0 Å². The van der Waals surface area contributed by atoms with Crippen molar-refractivity contribution >= 4 is 16.9 Å². The van der Waals surface area contributed by atoms with Crippen LogP contribution < -0.4 is 10.1 Å². The maximum absolute atomic E-state index is 12.6. The summed E-state index contributed by atoms with van der Waals surface area (Å²) >= 11 is 0. The molecule has 1 saturated heterocycles. The predicted octanol–water partition coefficient (Wildman–Crippen LogP) is 1.88. The fourth-order valence-corrected chi connectivity index (χ4v) is 3.30. The molecule has 0 radical (unpaired) electrons. The summed E-state index contributed by atoms with van der Waals surface area (Å²) in [6, 6.07) is 5.58. The minimum atomic E-state index is -0.599. The highest BCUT2D eigenvalue weighted by atomic mass is 16.5. The first-order valence-corrected chi connectivity index (χ1v) is 10.2. The van der Waals surface area contributed by atoms with Crippen LogP contribution in [0.5, 0.6) is 5.75 Å². The zero-order valence-corrected chi connectivity index (χ0v) is 17.9. The Morgan fingerprint density at radius 2 is 2.00 bits per heavy atom. The van der Waals surface area contributed by atoms with Crippen molar-refractivity contribution in [3.05, 3.63) is 30.0 Å². The third-order valence-corrected chi connectivity index (χ3v) is 5.14. The summed E-state index contributed by atoms with van der Waals surface area (Å²) in [5.41, 5.74) is 1.53. The number of hydrogen-bond acceptors (Lipinski definition) is 6. The molecule has 160 valence electrons. The van der Waals surface area contributed by atoms with Crippen molar-refractivity contribution in [1.82, 2.24) is 15.1 Å². The highest BCUT2D eigenvalue weighted by molar-refractivity contribution is 5.88. The third-order valence-electron chi connectivity index (χ3n) is 5.14. The molecule has 1 aliphatic rings. The lowest BCUT2D eigenvalue weighted by molar-refractivity contribution is -0.132. The van der Waals surface area contributed by atoms with Crippen LogP contribution >= 0.6 is 0 Å². The summed E-state index contributed by atoms with van der Waals surface area (Å²) in [4.78, 5) is 16.8. The number of ether oxygens (including phenoxy) is 1. The summed E-state index contributed by atoms with van der Waals surface area (Å²) in [5, 5.41) is 14.3. The van der Waals surface area contributed by atoms with E-state index in [4.69, 9.17) is 9.15 Å². The zero-order valence-electron chi connectivity index (χ0n) is 17.9. The van der Waals surface area contributed by atoms with Gasteiger partial charge >= 0.3 is 0 Å². The van der Waals surface area contributed by atoms with Gasteiger partial charge in [-0.2, -0.15) is 0 Å². The molecule has 1 aromatic carbocycles. The molecule has 2 N–H and O–H groups in total. The molecule has 3 rings (SSSR count). The van der Waals surface area contributed by atoms with E-state index in [1.807, 2.05) is 23.1 Å². The van der Waals surface area contributed by atoms with Crippen molar-refractivity contribution in [3.63, 3.8) is 0 Å². The van der Waals surface area contributed by atoms with Gasteiger partial charge in [-0.25, -0.2) is 0 Å². The molecule has 1 atom stereocenters. The number of nitrogens with one attached hydrogen (secondary N) is 1.